The van der Waals surface area contributed by atoms with E-state index in [1.54, 1.807) is 6.07 Å². The van der Waals surface area contributed by atoms with Gasteiger partial charge in [-0.05, 0) is 42.5 Å². The standard InChI is InChI=1S/C12H14N2O2/c15-12-9-4-2-6-14-5-1-3-8(11(9)14)7-10(12)13-16/h7,15H,1-6H2. The van der Waals surface area contributed by atoms with Gasteiger partial charge in [0.15, 0.2) is 0 Å². The monoisotopic (exact) mass is 218 g/mol. The van der Waals surface area contributed by atoms with Crippen LogP contribution in [0.3, 0.4) is 0 Å². The number of hydrogen-bond donors (Lipinski definition) is 1. The predicted octanol–water partition coefficient (Wildman–Crippen LogP) is 2.49. The Labute approximate surface area is 93.9 Å². The molecule has 2 aliphatic heterocycles. The number of anilines is 1. The predicted molar refractivity (Wildman–Crippen MR) is 62.4 cm³/mol. The molecule has 4 heteroatoms. The average molecular weight is 218 g/mol. The molecular formula is C12H14N2O2. The lowest BCUT2D eigenvalue weighted by Crippen LogP contribution is -2.34. The second-order valence-electron chi connectivity index (χ2n) is 4.52. The highest BCUT2D eigenvalue weighted by Gasteiger charge is 2.27. The molecule has 0 saturated heterocycles. The highest BCUT2D eigenvalue weighted by molar-refractivity contribution is 5.73. The molecule has 2 aliphatic rings. The summed E-state index contributed by atoms with van der Waals surface area (Å²) >= 11 is 0. The van der Waals surface area contributed by atoms with Gasteiger partial charge < -0.3 is 10.0 Å². The number of benzene rings is 1. The van der Waals surface area contributed by atoms with Gasteiger partial charge in [-0.3, -0.25) is 0 Å². The summed E-state index contributed by atoms with van der Waals surface area (Å²) in [7, 11) is 0. The summed E-state index contributed by atoms with van der Waals surface area (Å²) in [5, 5.41) is 12.9. The lowest BCUT2D eigenvalue weighted by Gasteiger charge is -2.37. The largest absolute Gasteiger partial charge is 0.505 e. The Morgan fingerprint density at radius 3 is 2.75 bits per heavy atom. The first-order valence-corrected chi connectivity index (χ1v) is 5.77. The number of nitrogens with zero attached hydrogens (tertiary/aromatic N) is 2. The summed E-state index contributed by atoms with van der Waals surface area (Å²) in [5.74, 6) is 0.0975. The molecule has 0 radical (unpaired) electrons. The van der Waals surface area contributed by atoms with Gasteiger partial charge in [-0.1, -0.05) is 0 Å². The van der Waals surface area contributed by atoms with Crippen molar-refractivity contribution in [2.45, 2.75) is 25.7 Å². The number of phenols is 1. The Balaban J connectivity index is 2.26. The normalized spacial score (nSPS) is 18.1. The third kappa shape index (κ3) is 1.22. The van der Waals surface area contributed by atoms with Gasteiger partial charge in [0.05, 0.1) is 0 Å². The van der Waals surface area contributed by atoms with Gasteiger partial charge in [0.25, 0.3) is 0 Å². The minimum atomic E-state index is 0.0975. The summed E-state index contributed by atoms with van der Waals surface area (Å²) in [6, 6.07) is 1.75. The number of aryl methyl sites for hydroxylation is 1. The molecule has 0 unspecified atom stereocenters. The molecule has 84 valence electrons. The van der Waals surface area contributed by atoms with E-state index in [1.807, 2.05) is 0 Å². The van der Waals surface area contributed by atoms with Gasteiger partial charge in [0.1, 0.15) is 11.4 Å². The first-order chi connectivity index (χ1) is 7.81. The maximum absolute atomic E-state index is 10.7. The minimum Gasteiger partial charge on any atom is -0.505 e. The molecule has 0 aliphatic carbocycles. The molecule has 0 amide bonds. The second-order valence-corrected chi connectivity index (χ2v) is 4.52. The van der Waals surface area contributed by atoms with Crippen LogP contribution in [-0.2, 0) is 12.8 Å². The summed E-state index contributed by atoms with van der Waals surface area (Å²) < 4.78 is 0. The van der Waals surface area contributed by atoms with E-state index in [1.165, 1.54) is 11.3 Å². The zero-order chi connectivity index (χ0) is 11.1. The van der Waals surface area contributed by atoms with Gasteiger partial charge in [-0.2, -0.15) is 0 Å². The molecule has 1 aromatic carbocycles. The topological polar surface area (TPSA) is 52.9 Å². The van der Waals surface area contributed by atoms with Crippen molar-refractivity contribution < 1.29 is 5.11 Å². The van der Waals surface area contributed by atoms with Gasteiger partial charge >= 0.3 is 0 Å². The molecule has 0 bridgehead atoms. The van der Waals surface area contributed by atoms with Crippen molar-refractivity contribution in [3.05, 3.63) is 22.1 Å². The van der Waals surface area contributed by atoms with Crippen LogP contribution in [-0.4, -0.2) is 18.2 Å². The van der Waals surface area contributed by atoms with Gasteiger partial charge in [-0.25, -0.2) is 0 Å². The quantitative estimate of drug-likeness (QED) is 0.737. The Kier molecular flexibility index (Phi) is 2.09. The van der Waals surface area contributed by atoms with Gasteiger partial charge in [-0.15, -0.1) is 4.91 Å². The molecule has 4 nitrogen and oxygen atoms in total. The molecule has 1 aromatic rings. The van der Waals surface area contributed by atoms with Crippen molar-refractivity contribution in [2.75, 3.05) is 18.0 Å². The van der Waals surface area contributed by atoms with E-state index in [2.05, 4.69) is 10.1 Å². The molecule has 0 atom stereocenters. The number of aromatic hydroxyl groups is 1. The van der Waals surface area contributed by atoms with Crippen LogP contribution < -0.4 is 4.90 Å². The van der Waals surface area contributed by atoms with E-state index in [0.29, 0.717) is 0 Å². The Morgan fingerprint density at radius 1 is 1.25 bits per heavy atom. The fourth-order valence-electron chi connectivity index (χ4n) is 2.90. The first-order valence-electron chi connectivity index (χ1n) is 5.77. The SMILES string of the molecule is O=Nc1cc2c3c(c1O)CCCN3CCC2. The third-order valence-electron chi connectivity index (χ3n) is 3.57. The lowest BCUT2D eigenvalue weighted by molar-refractivity contribution is 0.464. The van der Waals surface area contributed by atoms with Crippen molar-refractivity contribution in [3.63, 3.8) is 0 Å². The van der Waals surface area contributed by atoms with Crippen LogP contribution in [0.5, 0.6) is 5.75 Å². The van der Waals surface area contributed by atoms with Gasteiger partial charge in [0.2, 0.25) is 0 Å². The van der Waals surface area contributed by atoms with Crippen LogP contribution in [0.25, 0.3) is 0 Å². The highest BCUT2D eigenvalue weighted by Crippen LogP contribution is 2.44. The molecule has 16 heavy (non-hydrogen) atoms. The van der Waals surface area contributed by atoms with E-state index in [4.69, 9.17) is 0 Å². The number of rotatable bonds is 1. The maximum Gasteiger partial charge on any atom is 0.150 e. The average Bonchev–Trinajstić information content (AvgIpc) is 2.33. The molecular weight excluding hydrogens is 204 g/mol. The molecule has 0 saturated carbocycles. The van der Waals surface area contributed by atoms with E-state index >= 15 is 0 Å². The smallest absolute Gasteiger partial charge is 0.150 e. The number of hydrogen-bond acceptors (Lipinski definition) is 4. The number of phenolic OH excluding ortho intramolecular Hbond substituents is 1. The van der Waals surface area contributed by atoms with Crippen molar-refractivity contribution in [2.24, 2.45) is 5.18 Å². The third-order valence-corrected chi connectivity index (χ3v) is 3.57. The van der Waals surface area contributed by atoms with Crippen LogP contribution in [0.2, 0.25) is 0 Å². The highest BCUT2D eigenvalue weighted by atomic mass is 16.3. The molecule has 0 spiro atoms. The zero-order valence-corrected chi connectivity index (χ0v) is 9.07. The van der Waals surface area contributed by atoms with E-state index in [-0.39, 0.29) is 11.4 Å². The van der Waals surface area contributed by atoms with Crippen molar-refractivity contribution in [1.82, 2.24) is 0 Å². The molecule has 2 heterocycles. The van der Waals surface area contributed by atoms with Crippen molar-refractivity contribution in [1.29, 1.82) is 0 Å². The fourth-order valence-corrected chi connectivity index (χ4v) is 2.90. The number of nitroso groups, excluding NO2 is 1. The van der Waals surface area contributed by atoms with Crippen molar-refractivity contribution >= 4 is 11.4 Å². The van der Waals surface area contributed by atoms with Crippen LogP contribution in [0.4, 0.5) is 11.4 Å². The first kappa shape index (κ1) is 9.63. The van der Waals surface area contributed by atoms with E-state index in [9.17, 15) is 10.0 Å². The summed E-state index contributed by atoms with van der Waals surface area (Å²) in [6.07, 6.45) is 4.01. The summed E-state index contributed by atoms with van der Waals surface area (Å²) in [5.41, 5.74) is 3.48. The molecule has 0 fully saturated rings. The van der Waals surface area contributed by atoms with Crippen LogP contribution in [0.15, 0.2) is 11.2 Å². The maximum atomic E-state index is 10.7. The van der Waals surface area contributed by atoms with Gasteiger partial charge in [0, 0.05) is 24.3 Å². The lowest BCUT2D eigenvalue weighted by atomic mass is 9.90. The van der Waals surface area contributed by atoms with E-state index < -0.39 is 0 Å². The van der Waals surface area contributed by atoms with E-state index in [0.717, 1.165) is 44.3 Å². The minimum absolute atomic E-state index is 0.0975. The summed E-state index contributed by atoms with van der Waals surface area (Å²) in [6.45, 7) is 2.13. The molecule has 0 aromatic heterocycles. The second kappa shape index (κ2) is 3.47. The summed E-state index contributed by atoms with van der Waals surface area (Å²) in [4.78, 5) is 13.0. The fraction of sp³-hybridized carbons (Fsp3) is 0.500. The zero-order valence-electron chi connectivity index (χ0n) is 9.07. The van der Waals surface area contributed by atoms with Crippen molar-refractivity contribution in [3.8, 4) is 5.75 Å². The Morgan fingerprint density at radius 2 is 2.00 bits per heavy atom. The van der Waals surface area contributed by atoms with Crippen LogP contribution in [0.1, 0.15) is 24.0 Å². The van der Waals surface area contributed by atoms with Crippen LogP contribution >= 0.6 is 0 Å². The van der Waals surface area contributed by atoms with Crippen LogP contribution in [0, 0.1) is 4.91 Å². The Hall–Kier alpha value is -1.58. The Bertz CT molecular complexity index is 455. The molecule has 3 rings (SSSR count). The molecule has 1 N–H and O–H groups in total.